The summed E-state index contributed by atoms with van der Waals surface area (Å²) in [5, 5.41) is 0. The van der Waals surface area contributed by atoms with Crippen LogP contribution >= 0.6 is 0 Å². The van der Waals surface area contributed by atoms with E-state index in [4.69, 9.17) is 0 Å². The van der Waals surface area contributed by atoms with E-state index in [1.165, 1.54) is 0 Å². The minimum Gasteiger partial charge on any atom is -0.415 e. The summed E-state index contributed by atoms with van der Waals surface area (Å²) in [6.45, 7) is 0. The monoisotopic (exact) mass is 420 g/mol. The molecule has 0 saturated heterocycles. The minimum atomic E-state index is -7.80. The number of halogens is 13. The molecule has 0 rings (SSSR count). The predicted octanol–water partition coefficient (Wildman–Crippen LogP) is 2.42. The quantitative estimate of drug-likeness (QED) is 0.372. The SMILES string of the molecule is F[C-](F)C(F)(F)C(F)(F)C(F)(F)C(F)(F)C(F)(F)F.[CH3-].[CH3-].[Li+].[Zn]. The van der Waals surface area contributed by atoms with Gasteiger partial charge in [-0.3, -0.25) is 0 Å². The molecule has 134 valence electrons. The zero-order valence-corrected chi connectivity index (χ0v) is 14.6. The Balaban J connectivity index is -0.000000270. The van der Waals surface area contributed by atoms with Crippen LogP contribution in [-0.2, 0) is 19.5 Å². The van der Waals surface area contributed by atoms with E-state index in [-0.39, 0.29) is 53.2 Å². The van der Waals surface area contributed by atoms with Gasteiger partial charge in [0, 0.05) is 19.5 Å². The van der Waals surface area contributed by atoms with Gasteiger partial charge in [0.15, 0.2) is 0 Å². The summed E-state index contributed by atoms with van der Waals surface area (Å²) < 4.78 is 154. The average molecular weight is 421 g/mol. The van der Waals surface area contributed by atoms with Gasteiger partial charge in [0.05, 0.1) is 6.43 Å². The van der Waals surface area contributed by atoms with Gasteiger partial charge in [-0.2, -0.15) is 39.5 Å². The van der Waals surface area contributed by atoms with Crippen molar-refractivity contribution in [2.45, 2.75) is 29.9 Å². The Bertz CT molecular complexity index is 337. The molecule has 0 saturated carbocycles. The van der Waals surface area contributed by atoms with Crippen LogP contribution in [0.1, 0.15) is 0 Å². The molecule has 0 atom stereocenters. The van der Waals surface area contributed by atoms with Gasteiger partial charge < -0.3 is 23.6 Å². The second-order valence-corrected chi connectivity index (χ2v) is 3.06. The molecular weight excluding hydrogens is 415 g/mol. The molecule has 15 heteroatoms. The minimum absolute atomic E-state index is 0. The van der Waals surface area contributed by atoms with Gasteiger partial charge in [0.1, 0.15) is 0 Å². The molecule has 0 aromatic heterocycles. The molecule has 0 amide bonds. The Morgan fingerprint density at radius 2 is 0.783 bits per heavy atom. The fourth-order valence-electron chi connectivity index (χ4n) is 0.691. The molecule has 23 heavy (non-hydrogen) atoms. The Labute approximate surface area is 147 Å². The normalized spacial score (nSPS) is 13.3. The molecule has 0 spiro atoms. The summed E-state index contributed by atoms with van der Waals surface area (Å²) in [6.07, 6.45) is -12.1. The zero-order valence-electron chi connectivity index (χ0n) is 11.6. The topological polar surface area (TPSA) is 0 Å². The third-order valence-corrected chi connectivity index (χ3v) is 1.78. The van der Waals surface area contributed by atoms with Gasteiger partial charge in [-0.25, -0.2) is 8.78 Å². The molecule has 0 nitrogen and oxygen atoms in total. The van der Waals surface area contributed by atoms with Crippen molar-refractivity contribution in [3.8, 4) is 0 Å². The van der Waals surface area contributed by atoms with Gasteiger partial charge in [0.25, 0.3) is 5.92 Å². The van der Waals surface area contributed by atoms with Crippen LogP contribution in [0.4, 0.5) is 57.1 Å². The molecule has 0 aliphatic heterocycles. The Kier molecular flexibility index (Phi) is 13.7. The Morgan fingerprint density at radius 3 is 0.957 bits per heavy atom. The third kappa shape index (κ3) is 5.14. The van der Waals surface area contributed by atoms with E-state index < -0.39 is 36.3 Å². The zero-order chi connectivity index (χ0) is 16.1. The summed E-state index contributed by atoms with van der Waals surface area (Å²) in [7, 11) is 0. The fraction of sp³-hybridized carbons (Fsp3) is 0.625. The average Bonchev–Trinajstić information content (AvgIpc) is 2.14. The maximum atomic E-state index is 12.3. The van der Waals surface area contributed by atoms with Crippen molar-refractivity contribution in [3.05, 3.63) is 21.3 Å². The van der Waals surface area contributed by atoms with E-state index in [0.29, 0.717) is 0 Å². The summed E-state index contributed by atoms with van der Waals surface area (Å²) in [5.74, 6) is -30.3. The van der Waals surface area contributed by atoms with E-state index >= 15 is 0 Å². The number of hydrogen-bond acceptors (Lipinski definition) is 0. The molecule has 0 aliphatic carbocycles. The second kappa shape index (κ2) is 9.13. The number of alkyl halides is 11. The molecule has 0 aromatic rings. The van der Waals surface area contributed by atoms with Crippen molar-refractivity contribution in [1.82, 2.24) is 0 Å². The van der Waals surface area contributed by atoms with E-state index in [2.05, 4.69) is 0 Å². The standard InChI is InChI=1S/C6F13.2CH3.Li.Zn/c7-1(8)2(9,10)3(11,12)4(13,14)5(15,16)6(17,18)19;;;;/h;2*1H3;;/q3*-1;+1;. The first-order valence-electron chi connectivity index (χ1n) is 3.71. The smallest absolute Gasteiger partial charge is 0.415 e. The van der Waals surface area contributed by atoms with Crippen LogP contribution in [0.3, 0.4) is 0 Å². The van der Waals surface area contributed by atoms with Crippen LogP contribution in [0.25, 0.3) is 0 Å². The Morgan fingerprint density at radius 1 is 0.522 bits per heavy atom. The van der Waals surface area contributed by atoms with Crippen molar-refractivity contribution in [2.75, 3.05) is 0 Å². The van der Waals surface area contributed by atoms with Gasteiger partial charge in [-0.15, -0.1) is 0 Å². The fourth-order valence-corrected chi connectivity index (χ4v) is 0.691. The molecule has 0 aromatic carbocycles. The van der Waals surface area contributed by atoms with Crippen molar-refractivity contribution in [3.63, 3.8) is 0 Å². The molecule has 0 N–H and O–H groups in total. The molecule has 0 unspecified atom stereocenters. The van der Waals surface area contributed by atoms with Crippen LogP contribution in [0, 0.1) is 21.3 Å². The predicted molar refractivity (Wildman–Crippen MR) is 44.1 cm³/mol. The van der Waals surface area contributed by atoms with Crippen LogP contribution in [0.2, 0.25) is 0 Å². The van der Waals surface area contributed by atoms with Gasteiger partial charge in [-0.1, -0.05) is 0 Å². The van der Waals surface area contributed by atoms with Gasteiger partial charge >= 0.3 is 42.8 Å². The Hall–Kier alpha value is 0.311. The largest absolute Gasteiger partial charge is 1.00 e. The molecule has 0 bridgehead atoms. The molecule has 0 aliphatic rings. The number of rotatable bonds is 4. The van der Waals surface area contributed by atoms with Gasteiger partial charge in [-0.05, 0) is 0 Å². The van der Waals surface area contributed by atoms with E-state index in [0.717, 1.165) is 0 Å². The van der Waals surface area contributed by atoms with Crippen LogP contribution in [-0.4, -0.2) is 29.9 Å². The van der Waals surface area contributed by atoms with E-state index in [9.17, 15) is 57.1 Å². The van der Waals surface area contributed by atoms with Crippen LogP contribution in [0.5, 0.6) is 0 Å². The molecular formula is C8H6F13LiZn-2. The summed E-state index contributed by atoms with van der Waals surface area (Å²) in [6, 6.07) is 0. The molecule has 0 fully saturated rings. The second-order valence-electron chi connectivity index (χ2n) is 3.06. The van der Waals surface area contributed by atoms with Crippen LogP contribution in [0.15, 0.2) is 0 Å². The first-order chi connectivity index (χ1) is 7.94. The maximum Gasteiger partial charge on any atom is 1.00 e. The van der Waals surface area contributed by atoms with Crippen molar-refractivity contribution < 1.29 is 95.4 Å². The van der Waals surface area contributed by atoms with Crippen molar-refractivity contribution in [2.24, 2.45) is 0 Å². The molecule has 0 heterocycles. The molecule has 0 radical (unpaired) electrons. The first-order valence-corrected chi connectivity index (χ1v) is 3.71. The van der Waals surface area contributed by atoms with E-state index in [1.807, 2.05) is 0 Å². The van der Waals surface area contributed by atoms with Crippen molar-refractivity contribution >= 4 is 0 Å². The first kappa shape index (κ1) is 34.6. The van der Waals surface area contributed by atoms with E-state index in [1.54, 1.807) is 0 Å². The van der Waals surface area contributed by atoms with Gasteiger partial charge in [0.2, 0.25) is 0 Å². The third-order valence-electron chi connectivity index (χ3n) is 1.78. The summed E-state index contributed by atoms with van der Waals surface area (Å²) >= 11 is 0. The summed E-state index contributed by atoms with van der Waals surface area (Å²) in [5.41, 5.74) is 0. The number of hydrogen-bond donors (Lipinski definition) is 0. The van der Waals surface area contributed by atoms with Crippen molar-refractivity contribution in [1.29, 1.82) is 0 Å². The van der Waals surface area contributed by atoms with Crippen LogP contribution < -0.4 is 18.9 Å². The summed E-state index contributed by atoms with van der Waals surface area (Å²) in [4.78, 5) is 0. The maximum absolute atomic E-state index is 12.3.